The van der Waals surface area contributed by atoms with Crippen LogP contribution in [-0.2, 0) is 0 Å². The largest absolute Gasteiger partial charge is 0.315 e. The van der Waals surface area contributed by atoms with Crippen LogP contribution >= 0.6 is 0 Å². The SMILES string of the molecule is CNC(C)(C)CC(C)(NC)NC. The normalized spacial score (nSPS) is 13.5. The smallest absolute Gasteiger partial charge is 0.0670 e. The molecule has 0 aromatic rings. The molecule has 0 fully saturated rings. The summed E-state index contributed by atoms with van der Waals surface area (Å²) in [6, 6.07) is 0. The zero-order valence-electron chi connectivity index (χ0n) is 9.21. The summed E-state index contributed by atoms with van der Waals surface area (Å²) >= 11 is 0. The van der Waals surface area contributed by atoms with Crippen molar-refractivity contribution in [3.05, 3.63) is 0 Å². The molecule has 0 unspecified atom stereocenters. The van der Waals surface area contributed by atoms with Crippen LogP contribution in [-0.4, -0.2) is 32.3 Å². The fourth-order valence-electron chi connectivity index (χ4n) is 1.27. The highest BCUT2D eigenvalue weighted by Gasteiger charge is 2.28. The molecule has 0 aliphatic carbocycles. The maximum atomic E-state index is 3.29. The van der Waals surface area contributed by atoms with Crippen molar-refractivity contribution >= 4 is 0 Å². The molecule has 0 aromatic carbocycles. The lowest BCUT2D eigenvalue weighted by Crippen LogP contribution is -2.57. The van der Waals surface area contributed by atoms with Gasteiger partial charge in [0, 0.05) is 5.54 Å². The average molecular weight is 173 g/mol. The van der Waals surface area contributed by atoms with Crippen LogP contribution in [0.4, 0.5) is 0 Å². The molecule has 0 saturated carbocycles. The van der Waals surface area contributed by atoms with Crippen LogP contribution in [0.25, 0.3) is 0 Å². The highest BCUT2D eigenvalue weighted by atomic mass is 15.2. The molecule has 74 valence electrons. The summed E-state index contributed by atoms with van der Waals surface area (Å²) in [7, 11) is 5.94. The van der Waals surface area contributed by atoms with E-state index in [1.165, 1.54) is 0 Å². The zero-order chi connectivity index (χ0) is 9.83. The van der Waals surface area contributed by atoms with E-state index in [1.807, 2.05) is 21.1 Å². The van der Waals surface area contributed by atoms with Gasteiger partial charge in [0.1, 0.15) is 0 Å². The van der Waals surface area contributed by atoms with Crippen molar-refractivity contribution in [1.82, 2.24) is 16.0 Å². The molecule has 0 saturated heterocycles. The highest BCUT2D eigenvalue weighted by molar-refractivity contribution is 4.88. The van der Waals surface area contributed by atoms with Gasteiger partial charge in [-0.25, -0.2) is 0 Å². The fraction of sp³-hybridized carbons (Fsp3) is 1.00. The first-order valence-corrected chi connectivity index (χ1v) is 4.46. The molecule has 3 N–H and O–H groups in total. The van der Waals surface area contributed by atoms with Crippen molar-refractivity contribution in [2.45, 2.75) is 38.4 Å². The van der Waals surface area contributed by atoms with Gasteiger partial charge in [0.15, 0.2) is 0 Å². The predicted molar refractivity (Wildman–Crippen MR) is 54.3 cm³/mol. The Bertz CT molecular complexity index is 128. The third-order valence-electron chi connectivity index (χ3n) is 2.58. The van der Waals surface area contributed by atoms with Crippen LogP contribution in [0, 0.1) is 0 Å². The van der Waals surface area contributed by atoms with E-state index in [2.05, 4.69) is 36.7 Å². The van der Waals surface area contributed by atoms with Gasteiger partial charge in [-0.2, -0.15) is 0 Å². The summed E-state index contributed by atoms with van der Waals surface area (Å²) < 4.78 is 0. The van der Waals surface area contributed by atoms with Crippen molar-refractivity contribution in [2.24, 2.45) is 0 Å². The molecule has 0 aliphatic heterocycles. The Labute approximate surface area is 76.3 Å². The summed E-state index contributed by atoms with van der Waals surface area (Å²) in [5, 5.41) is 9.82. The Kier molecular flexibility index (Phi) is 4.17. The van der Waals surface area contributed by atoms with Gasteiger partial charge in [0.2, 0.25) is 0 Å². The van der Waals surface area contributed by atoms with Crippen LogP contribution in [0.2, 0.25) is 0 Å². The van der Waals surface area contributed by atoms with Crippen LogP contribution in [0.1, 0.15) is 27.2 Å². The van der Waals surface area contributed by atoms with Gasteiger partial charge in [-0.05, 0) is 48.3 Å². The molecule has 0 heterocycles. The second kappa shape index (κ2) is 4.21. The molecule has 3 heteroatoms. The van der Waals surface area contributed by atoms with Gasteiger partial charge >= 0.3 is 0 Å². The quantitative estimate of drug-likeness (QED) is 0.531. The molecular formula is C9H23N3. The molecule has 0 rings (SSSR count). The molecule has 0 bridgehead atoms. The molecule has 0 atom stereocenters. The first kappa shape index (κ1) is 11.9. The number of hydrogen-bond donors (Lipinski definition) is 3. The molecule has 12 heavy (non-hydrogen) atoms. The van der Waals surface area contributed by atoms with Gasteiger partial charge in [-0.3, -0.25) is 0 Å². The Morgan fingerprint density at radius 1 is 0.833 bits per heavy atom. The highest BCUT2D eigenvalue weighted by Crippen LogP contribution is 2.16. The minimum Gasteiger partial charge on any atom is -0.315 e. The Balaban J connectivity index is 4.20. The van der Waals surface area contributed by atoms with Crippen molar-refractivity contribution in [2.75, 3.05) is 21.1 Å². The van der Waals surface area contributed by atoms with E-state index in [0.29, 0.717) is 0 Å². The number of hydrogen-bond acceptors (Lipinski definition) is 3. The van der Waals surface area contributed by atoms with E-state index >= 15 is 0 Å². The zero-order valence-corrected chi connectivity index (χ0v) is 9.21. The van der Waals surface area contributed by atoms with E-state index in [1.54, 1.807) is 0 Å². The van der Waals surface area contributed by atoms with Gasteiger partial charge in [-0.15, -0.1) is 0 Å². The van der Waals surface area contributed by atoms with Crippen LogP contribution in [0.5, 0.6) is 0 Å². The lowest BCUT2D eigenvalue weighted by molar-refractivity contribution is 0.223. The summed E-state index contributed by atoms with van der Waals surface area (Å²) in [6.07, 6.45) is 1.03. The van der Waals surface area contributed by atoms with E-state index < -0.39 is 0 Å². The van der Waals surface area contributed by atoms with Crippen molar-refractivity contribution in [3.8, 4) is 0 Å². The van der Waals surface area contributed by atoms with Crippen molar-refractivity contribution < 1.29 is 0 Å². The van der Waals surface area contributed by atoms with Crippen LogP contribution in [0.15, 0.2) is 0 Å². The monoisotopic (exact) mass is 173 g/mol. The summed E-state index contributed by atoms with van der Waals surface area (Å²) in [6.45, 7) is 6.55. The minimum absolute atomic E-state index is 0.00646. The molecule has 3 nitrogen and oxygen atoms in total. The summed E-state index contributed by atoms with van der Waals surface area (Å²) in [4.78, 5) is 0. The minimum atomic E-state index is 0.00646. The van der Waals surface area contributed by atoms with Gasteiger partial charge < -0.3 is 16.0 Å². The first-order chi connectivity index (χ1) is 5.39. The third kappa shape index (κ3) is 3.52. The second-order valence-electron chi connectivity index (χ2n) is 4.14. The second-order valence-corrected chi connectivity index (χ2v) is 4.14. The Hall–Kier alpha value is -0.120. The van der Waals surface area contributed by atoms with Crippen molar-refractivity contribution in [1.29, 1.82) is 0 Å². The molecular weight excluding hydrogens is 150 g/mol. The summed E-state index contributed by atoms with van der Waals surface area (Å²) in [5.74, 6) is 0. The molecule has 0 radical (unpaired) electrons. The standard InChI is InChI=1S/C9H23N3/c1-8(2,10-4)7-9(3,11-5)12-6/h10-12H,7H2,1-6H3. The van der Waals surface area contributed by atoms with Gasteiger partial charge in [0.05, 0.1) is 5.66 Å². The van der Waals surface area contributed by atoms with E-state index in [-0.39, 0.29) is 11.2 Å². The molecule has 0 spiro atoms. The number of nitrogens with one attached hydrogen (secondary N) is 3. The maximum Gasteiger partial charge on any atom is 0.0670 e. The van der Waals surface area contributed by atoms with E-state index in [4.69, 9.17) is 0 Å². The third-order valence-corrected chi connectivity index (χ3v) is 2.58. The van der Waals surface area contributed by atoms with E-state index in [0.717, 1.165) is 6.42 Å². The molecule has 0 aromatic heterocycles. The predicted octanol–water partition coefficient (Wildman–Crippen LogP) is 0.530. The van der Waals surface area contributed by atoms with E-state index in [9.17, 15) is 0 Å². The Morgan fingerprint density at radius 2 is 1.25 bits per heavy atom. The van der Waals surface area contributed by atoms with Crippen LogP contribution in [0.3, 0.4) is 0 Å². The van der Waals surface area contributed by atoms with Gasteiger partial charge in [0.25, 0.3) is 0 Å². The lowest BCUT2D eigenvalue weighted by atomic mass is 9.92. The Morgan fingerprint density at radius 3 is 1.50 bits per heavy atom. The fourth-order valence-corrected chi connectivity index (χ4v) is 1.27. The average Bonchev–Trinajstić information content (AvgIpc) is 2.04. The maximum absolute atomic E-state index is 3.29. The van der Waals surface area contributed by atoms with Crippen LogP contribution < -0.4 is 16.0 Å². The first-order valence-electron chi connectivity index (χ1n) is 4.46. The molecule has 0 amide bonds. The van der Waals surface area contributed by atoms with Gasteiger partial charge in [-0.1, -0.05) is 0 Å². The lowest BCUT2D eigenvalue weighted by Gasteiger charge is -2.37. The topological polar surface area (TPSA) is 36.1 Å². The summed E-state index contributed by atoms with van der Waals surface area (Å²) in [5.41, 5.74) is 0.160. The van der Waals surface area contributed by atoms with Crippen molar-refractivity contribution in [3.63, 3.8) is 0 Å². The number of rotatable bonds is 5. The molecule has 0 aliphatic rings.